The van der Waals surface area contributed by atoms with E-state index in [1.165, 1.54) is 19.1 Å². The lowest BCUT2D eigenvalue weighted by Crippen LogP contribution is -2.25. The first kappa shape index (κ1) is 15.1. The van der Waals surface area contributed by atoms with Crippen LogP contribution in [0.4, 0.5) is 13.2 Å². The molecule has 0 saturated carbocycles. The van der Waals surface area contributed by atoms with Crippen molar-refractivity contribution in [2.75, 3.05) is 0 Å². The van der Waals surface area contributed by atoms with Crippen LogP contribution in [-0.4, -0.2) is 11.9 Å². The van der Waals surface area contributed by atoms with Gasteiger partial charge in [0.15, 0.2) is 6.10 Å². The predicted molar refractivity (Wildman–Crippen MR) is 71.9 cm³/mol. The molecule has 0 N–H and O–H groups in total. The van der Waals surface area contributed by atoms with Crippen LogP contribution in [0, 0.1) is 24.4 Å². The number of aryl methyl sites for hydroxylation is 1. The summed E-state index contributed by atoms with van der Waals surface area (Å²) >= 11 is 0. The van der Waals surface area contributed by atoms with Gasteiger partial charge >= 0.3 is 0 Å². The Morgan fingerprint density at radius 1 is 1.05 bits per heavy atom. The van der Waals surface area contributed by atoms with Crippen LogP contribution in [0.15, 0.2) is 36.4 Å². The fourth-order valence-corrected chi connectivity index (χ4v) is 1.81. The normalized spacial score (nSPS) is 12.0. The molecule has 0 heterocycles. The molecule has 0 aliphatic carbocycles. The van der Waals surface area contributed by atoms with Crippen LogP contribution in [0.25, 0.3) is 0 Å². The van der Waals surface area contributed by atoms with Gasteiger partial charge in [-0.2, -0.15) is 0 Å². The molecular weight excluding hydrogens is 281 g/mol. The molecule has 0 saturated heterocycles. The maximum Gasteiger partial charge on any atom is 0.205 e. The number of ether oxygens (including phenoxy) is 1. The molecule has 1 unspecified atom stereocenters. The molecule has 0 bridgehead atoms. The van der Waals surface area contributed by atoms with Gasteiger partial charge in [0.1, 0.15) is 23.2 Å². The molecule has 2 aromatic carbocycles. The van der Waals surface area contributed by atoms with Crippen molar-refractivity contribution in [2.45, 2.75) is 20.0 Å². The molecule has 2 aromatic rings. The number of carbonyl (C=O) groups excluding carboxylic acids is 1. The third-order valence-electron chi connectivity index (χ3n) is 3.02. The Morgan fingerprint density at radius 3 is 2.38 bits per heavy atom. The zero-order valence-corrected chi connectivity index (χ0v) is 11.5. The number of hydrogen-bond donors (Lipinski definition) is 0. The SMILES string of the molecule is Cc1ccc(OC(C)C(=O)c2ccc(F)cc2F)cc1F. The first-order valence-electron chi connectivity index (χ1n) is 6.30. The van der Waals surface area contributed by atoms with Gasteiger partial charge in [0, 0.05) is 12.1 Å². The number of carbonyl (C=O) groups is 1. The van der Waals surface area contributed by atoms with Crippen molar-refractivity contribution in [1.82, 2.24) is 0 Å². The molecular formula is C16H13F3O2. The smallest absolute Gasteiger partial charge is 0.205 e. The topological polar surface area (TPSA) is 26.3 Å². The second-order valence-electron chi connectivity index (χ2n) is 4.66. The Labute approximate surface area is 120 Å². The van der Waals surface area contributed by atoms with E-state index in [0.29, 0.717) is 11.6 Å². The molecule has 0 radical (unpaired) electrons. The van der Waals surface area contributed by atoms with Gasteiger partial charge in [-0.3, -0.25) is 4.79 Å². The molecule has 0 amide bonds. The second-order valence-corrected chi connectivity index (χ2v) is 4.66. The predicted octanol–water partition coefficient (Wildman–Crippen LogP) is 4.06. The first-order chi connectivity index (χ1) is 9.88. The third-order valence-corrected chi connectivity index (χ3v) is 3.02. The number of halogens is 3. The molecule has 21 heavy (non-hydrogen) atoms. The van der Waals surface area contributed by atoms with Crippen molar-refractivity contribution in [2.24, 2.45) is 0 Å². The Balaban J connectivity index is 2.17. The molecule has 2 rings (SSSR count). The average Bonchev–Trinajstić information content (AvgIpc) is 2.42. The van der Waals surface area contributed by atoms with Gasteiger partial charge < -0.3 is 4.74 Å². The first-order valence-corrected chi connectivity index (χ1v) is 6.30. The van der Waals surface area contributed by atoms with E-state index < -0.39 is 29.3 Å². The third kappa shape index (κ3) is 3.42. The molecule has 5 heteroatoms. The van der Waals surface area contributed by atoms with E-state index in [4.69, 9.17) is 4.74 Å². The molecule has 1 atom stereocenters. The Hall–Kier alpha value is -2.30. The molecule has 0 aromatic heterocycles. The minimum absolute atomic E-state index is 0.168. The van der Waals surface area contributed by atoms with E-state index in [9.17, 15) is 18.0 Å². The van der Waals surface area contributed by atoms with Gasteiger partial charge in [0.2, 0.25) is 5.78 Å². The van der Waals surface area contributed by atoms with Crippen LogP contribution in [-0.2, 0) is 0 Å². The molecule has 0 fully saturated rings. The van der Waals surface area contributed by atoms with Crippen LogP contribution in [0.3, 0.4) is 0 Å². The minimum atomic E-state index is -1.02. The number of ketones is 1. The van der Waals surface area contributed by atoms with E-state index in [-0.39, 0.29) is 11.3 Å². The fourth-order valence-electron chi connectivity index (χ4n) is 1.81. The van der Waals surface area contributed by atoms with Crippen molar-refractivity contribution in [3.8, 4) is 5.75 Å². The average molecular weight is 294 g/mol. The van der Waals surface area contributed by atoms with E-state index in [2.05, 4.69) is 0 Å². The Kier molecular flexibility index (Phi) is 4.31. The van der Waals surface area contributed by atoms with Gasteiger partial charge in [-0.05, 0) is 37.6 Å². The summed E-state index contributed by atoms with van der Waals surface area (Å²) in [5.74, 6) is -2.65. The van der Waals surface area contributed by atoms with E-state index >= 15 is 0 Å². The van der Waals surface area contributed by atoms with Crippen LogP contribution >= 0.6 is 0 Å². The number of benzene rings is 2. The molecule has 0 spiro atoms. The zero-order chi connectivity index (χ0) is 15.6. The van der Waals surface area contributed by atoms with Gasteiger partial charge in [-0.1, -0.05) is 6.07 Å². The second kappa shape index (κ2) is 5.99. The summed E-state index contributed by atoms with van der Waals surface area (Å²) < 4.78 is 45.1. The van der Waals surface area contributed by atoms with Crippen molar-refractivity contribution >= 4 is 5.78 Å². The van der Waals surface area contributed by atoms with Crippen molar-refractivity contribution in [1.29, 1.82) is 0 Å². The van der Waals surface area contributed by atoms with Gasteiger partial charge in [0.05, 0.1) is 5.56 Å². The van der Waals surface area contributed by atoms with E-state index in [0.717, 1.165) is 18.2 Å². The number of Topliss-reactive ketones (excluding diaryl/α,β-unsaturated/α-hetero) is 1. The summed E-state index contributed by atoms with van der Waals surface area (Å²) in [6, 6.07) is 6.87. The number of hydrogen-bond acceptors (Lipinski definition) is 2. The summed E-state index contributed by atoms with van der Waals surface area (Å²) in [6.07, 6.45) is -1.02. The highest BCUT2D eigenvalue weighted by molar-refractivity contribution is 5.99. The minimum Gasteiger partial charge on any atom is -0.482 e. The molecule has 0 aliphatic rings. The lowest BCUT2D eigenvalue weighted by atomic mass is 10.1. The highest BCUT2D eigenvalue weighted by Gasteiger charge is 2.21. The Morgan fingerprint density at radius 2 is 1.76 bits per heavy atom. The van der Waals surface area contributed by atoms with Crippen molar-refractivity contribution < 1.29 is 22.7 Å². The monoisotopic (exact) mass is 294 g/mol. The van der Waals surface area contributed by atoms with E-state index in [1.54, 1.807) is 6.92 Å². The van der Waals surface area contributed by atoms with Gasteiger partial charge in [0.25, 0.3) is 0 Å². The summed E-state index contributed by atoms with van der Waals surface area (Å²) in [5.41, 5.74) is 0.183. The van der Waals surface area contributed by atoms with Crippen LogP contribution in [0.5, 0.6) is 5.75 Å². The van der Waals surface area contributed by atoms with Crippen LogP contribution in [0.2, 0.25) is 0 Å². The molecule has 2 nitrogen and oxygen atoms in total. The standard InChI is InChI=1S/C16H13F3O2/c1-9-3-5-12(8-14(9)18)21-10(2)16(20)13-6-4-11(17)7-15(13)19/h3-8,10H,1-2H3. The molecule has 110 valence electrons. The molecule has 0 aliphatic heterocycles. The van der Waals surface area contributed by atoms with E-state index in [1.807, 2.05) is 0 Å². The quantitative estimate of drug-likeness (QED) is 0.795. The zero-order valence-electron chi connectivity index (χ0n) is 11.5. The number of rotatable bonds is 4. The van der Waals surface area contributed by atoms with Gasteiger partial charge in [-0.15, -0.1) is 0 Å². The largest absolute Gasteiger partial charge is 0.482 e. The van der Waals surface area contributed by atoms with Crippen molar-refractivity contribution in [3.63, 3.8) is 0 Å². The highest BCUT2D eigenvalue weighted by atomic mass is 19.1. The van der Waals surface area contributed by atoms with Crippen LogP contribution in [0.1, 0.15) is 22.8 Å². The van der Waals surface area contributed by atoms with Crippen molar-refractivity contribution in [3.05, 3.63) is 65.0 Å². The summed E-state index contributed by atoms with van der Waals surface area (Å²) in [6.45, 7) is 3.02. The lowest BCUT2D eigenvalue weighted by Gasteiger charge is -2.14. The summed E-state index contributed by atoms with van der Waals surface area (Å²) in [7, 11) is 0. The lowest BCUT2D eigenvalue weighted by molar-refractivity contribution is 0.0813. The highest BCUT2D eigenvalue weighted by Crippen LogP contribution is 2.19. The van der Waals surface area contributed by atoms with Gasteiger partial charge in [-0.25, -0.2) is 13.2 Å². The van der Waals surface area contributed by atoms with Crippen LogP contribution < -0.4 is 4.74 Å². The fraction of sp³-hybridized carbons (Fsp3) is 0.188. The summed E-state index contributed by atoms with van der Waals surface area (Å²) in [5, 5.41) is 0. The maximum absolute atomic E-state index is 13.5. The summed E-state index contributed by atoms with van der Waals surface area (Å²) in [4.78, 5) is 12.1. The Bertz CT molecular complexity index is 683. The maximum atomic E-state index is 13.5.